The molecule has 0 spiro atoms. The van der Waals surface area contributed by atoms with Gasteiger partial charge in [0.05, 0.1) is 11.3 Å². The van der Waals surface area contributed by atoms with E-state index in [1.807, 2.05) is 0 Å². The van der Waals surface area contributed by atoms with Gasteiger partial charge in [-0.15, -0.1) is 0 Å². The molecular formula is C17H15FN2O4. The maximum atomic E-state index is 13.6. The Balaban J connectivity index is 1.67. The number of benzene rings is 2. The van der Waals surface area contributed by atoms with Crippen molar-refractivity contribution in [2.45, 2.75) is 13.0 Å². The molecule has 3 rings (SSSR count). The molecule has 1 atom stereocenters. The van der Waals surface area contributed by atoms with Gasteiger partial charge in [0.1, 0.15) is 11.9 Å². The molecule has 124 valence electrons. The molecule has 24 heavy (non-hydrogen) atoms. The number of fused-ring (bicyclic) bond motifs is 1. The summed E-state index contributed by atoms with van der Waals surface area (Å²) in [4.78, 5) is 24.3. The Morgan fingerprint density at radius 3 is 2.71 bits per heavy atom. The van der Waals surface area contributed by atoms with E-state index in [9.17, 15) is 14.0 Å². The number of hydrogen-bond acceptors (Lipinski definition) is 4. The van der Waals surface area contributed by atoms with E-state index in [1.54, 1.807) is 24.3 Å². The molecule has 7 heteroatoms. The highest BCUT2D eigenvalue weighted by Crippen LogP contribution is 2.38. The summed E-state index contributed by atoms with van der Waals surface area (Å²) >= 11 is 0. The summed E-state index contributed by atoms with van der Waals surface area (Å²) in [6.07, 6.45) is 0. The molecule has 2 aromatic rings. The first-order valence-electron chi connectivity index (χ1n) is 7.31. The van der Waals surface area contributed by atoms with Crippen molar-refractivity contribution in [3.8, 4) is 11.5 Å². The highest BCUT2D eigenvalue weighted by molar-refractivity contribution is 6.01. The van der Waals surface area contributed by atoms with E-state index in [-0.39, 0.29) is 12.4 Å². The molecule has 1 heterocycles. The summed E-state index contributed by atoms with van der Waals surface area (Å²) in [6, 6.07) is 9.81. The highest BCUT2D eigenvalue weighted by Gasteiger charge is 2.22. The molecule has 1 unspecified atom stereocenters. The van der Waals surface area contributed by atoms with Crippen molar-refractivity contribution in [3.63, 3.8) is 0 Å². The molecular weight excluding hydrogens is 315 g/mol. The molecule has 2 N–H and O–H groups in total. The standard InChI is InChI=1S/C17H15FN2O4/c1-10(19-17(22)11-5-2-3-6-12(11)18)16(21)20-13-7-4-8-14-15(13)24-9-23-14/h2-8,10H,9H2,1H3,(H,19,22)(H,20,21). The van der Waals surface area contributed by atoms with Crippen LogP contribution in [0.15, 0.2) is 42.5 Å². The summed E-state index contributed by atoms with van der Waals surface area (Å²) in [7, 11) is 0. The number of rotatable bonds is 4. The quantitative estimate of drug-likeness (QED) is 0.902. The molecule has 1 aliphatic heterocycles. The van der Waals surface area contributed by atoms with E-state index in [1.165, 1.54) is 25.1 Å². The van der Waals surface area contributed by atoms with E-state index in [0.717, 1.165) is 0 Å². The van der Waals surface area contributed by atoms with Crippen molar-refractivity contribution in [1.29, 1.82) is 0 Å². The predicted octanol–water partition coefficient (Wildman–Crippen LogP) is 2.31. The van der Waals surface area contributed by atoms with Gasteiger partial charge in [-0.1, -0.05) is 18.2 Å². The molecule has 0 bridgehead atoms. The second-order valence-electron chi connectivity index (χ2n) is 5.20. The van der Waals surface area contributed by atoms with Crippen LogP contribution in [0.25, 0.3) is 0 Å². The summed E-state index contributed by atoms with van der Waals surface area (Å²) in [5, 5.41) is 5.12. The number of ether oxygens (including phenoxy) is 2. The van der Waals surface area contributed by atoms with Crippen LogP contribution in [0.2, 0.25) is 0 Å². The lowest BCUT2D eigenvalue weighted by molar-refractivity contribution is -0.117. The van der Waals surface area contributed by atoms with Crippen molar-refractivity contribution in [3.05, 3.63) is 53.8 Å². The number of hydrogen-bond donors (Lipinski definition) is 2. The molecule has 0 saturated heterocycles. The number of nitrogens with one attached hydrogen (secondary N) is 2. The van der Waals surface area contributed by atoms with Gasteiger partial charge in [0.25, 0.3) is 5.91 Å². The molecule has 0 fully saturated rings. The normalized spacial score (nSPS) is 13.2. The molecule has 1 aliphatic rings. The predicted molar refractivity (Wildman–Crippen MR) is 84.5 cm³/mol. The van der Waals surface area contributed by atoms with Gasteiger partial charge in [-0.25, -0.2) is 4.39 Å². The first kappa shape index (κ1) is 15.8. The van der Waals surface area contributed by atoms with E-state index < -0.39 is 23.7 Å². The minimum absolute atomic E-state index is 0.0851. The van der Waals surface area contributed by atoms with Gasteiger partial charge in [0, 0.05) is 0 Å². The van der Waals surface area contributed by atoms with Crippen LogP contribution in [0.1, 0.15) is 17.3 Å². The summed E-state index contributed by atoms with van der Waals surface area (Å²) in [6.45, 7) is 1.59. The Morgan fingerprint density at radius 2 is 1.92 bits per heavy atom. The number of para-hydroxylation sites is 1. The first-order chi connectivity index (χ1) is 11.6. The lowest BCUT2D eigenvalue weighted by atomic mass is 10.2. The van der Waals surface area contributed by atoms with Gasteiger partial charge in [-0.2, -0.15) is 0 Å². The zero-order valence-corrected chi connectivity index (χ0v) is 12.8. The van der Waals surface area contributed by atoms with Crippen molar-refractivity contribution < 1.29 is 23.5 Å². The van der Waals surface area contributed by atoms with Crippen LogP contribution < -0.4 is 20.1 Å². The molecule has 6 nitrogen and oxygen atoms in total. The number of anilines is 1. The Hall–Kier alpha value is -3.09. The Bertz CT molecular complexity index is 794. The average molecular weight is 330 g/mol. The molecule has 2 amide bonds. The molecule has 0 aromatic heterocycles. The van der Waals surface area contributed by atoms with Crippen molar-refractivity contribution in [1.82, 2.24) is 5.32 Å². The molecule has 0 aliphatic carbocycles. The second-order valence-corrected chi connectivity index (χ2v) is 5.20. The lowest BCUT2D eigenvalue weighted by Crippen LogP contribution is -2.41. The Kier molecular flexibility index (Phi) is 4.33. The maximum absolute atomic E-state index is 13.6. The molecule has 2 aromatic carbocycles. The van der Waals surface area contributed by atoms with Crippen LogP contribution in [-0.4, -0.2) is 24.6 Å². The Morgan fingerprint density at radius 1 is 1.12 bits per heavy atom. The minimum Gasteiger partial charge on any atom is -0.454 e. The van der Waals surface area contributed by atoms with Gasteiger partial charge in [0.15, 0.2) is 11.5 Å². The van der Waals surface area contributed by atoms with Gasteiger partial charge in [0.2, 0.25) is 12.7 Å². The molecule has 0 saturated carbocycles. The van der Waals surface area contributed by atoms with Gasteiger partial charge in [-0.05, 0) is 31.2 Å². The van der Waals surface area contributed by atoms with Gasteiger partial charge >= 0.3 is 0 Å². The number of amides is 2. The SMILES string of the molecule is CC(NC(=O)c1ccccc1F)C(=O)Nc1cccc2c1OCO2. The lowest BCUT2D eigenvalue weighted by Gasteiger charge is -2.15. The number of carbonyl (C=O) groups excluding carboxylic acids is 2. The third kappa shape index (κ3) is 3.15. The third-order valence-corrected chi connectivity index (χ3v) is 3.51. The number of halogens is 1. The fourth-order valence-corrected chi connectivity index (χ4v) is 2.25. The minimum atomic E-state index is -0.865. The molecule has 0 radical (unpaired) electrons. The van der Waals surface area contributed by atoms with Crippen LogP contribution in [0.3, 0.4) is 0 Å². The van der Waals surface area contributed by atoms with Crippen molar-refractivity contribution >= 4 is 17.5 Å². The fourth-order valence-electron chi connectivity index (χ4n) is 2.25. The van der Waals surface area contributed by atoms with Crippen LogP contribution in [0.5, 0.6) is 11.5 Å². The summed E-state index contributed by atoms with van der Waals surface area (Å²) < 4.78 is 24.1. The van der Waals surface area contributed by atoms with E-state index in [4.69, 9.17) is 9.47 Å². The zero-order valence-electron chi connectivity index (χ0n) is 12.8. The maximum Gasteiger partial charge on any atom is 0.254 e. The largest absolute Gasteiger partial charge is 0.454 e. The smallest absolute Gasteiger partial charge is 0.254 e. The summed E-state index contributed by atoms with van der Waals surface area (Å²) in [5.74, 6) is -0.777. The topological polar surface area (TPSA) is 76.7 Å². The van der Waals surface area contributed by atoms with Crippen LogP contribution in [0.4, 0.5) is 10.1 Å². The average Bonchev–Trinajstić information content (AvgIpc) is 3.04. The van der Waals surface area contributed by atoms with Crippen molar-refractivity contribution in [2.75, 3.05) is 12.1 Å². The monoisotopic (exact) mass is 330 g/mol. The van der Waals surface area contributed by atoms with Gasteiger partial charge in [-0.3, -0.25) is 9.59 Å². The van der Waals surface area contributed by atoms with E-state index in [2.05, 4.69) is 10.6 Å². The highest BCUT2D eigenvalue weighted by atomic mass is 19.1. The third-order valence-electron chi connectivity index (χ3n) is 3.51. The first-order valence-corrected chi connectivity index (χ1v) is 7.31. The van der Waals surface area contributed by atoms with E-state index >= 15 is 0 Å². The number of carbonyl (C=O) groups is 2. The second kappa shape index (κ2) is 6.57. The summed E-state index contributed by atoms with van der Waals surface area (Å²) in [5.41, 5.74) is 0.330. The van der Waals surface area contributed by atoms with Gasteiger partial charge < -0.3 is 20.1 Å². The van der Waals surface area contributed by atoms with E-state index in [0.29, 0.717) is 17.2 Å². The Labute approximate surface area is 137 Å². The van der Waals surface area contributed by atoms with Crippen LogP contribution in [-0.2, 0) is 4.79 Å². The fraction of sp³-hybridized carbons (Fsp3) is 0.176. The van der Waals surface area contributed by atoms with Crippen LogP contribution in [0, 0.1) is 5.82 Å². The van der Waals surface area contributed by atoms with Crippen molar-refractivity contribution in [2.24, 2.45) is 0 Å². The van der Waals surface area contributed by atoms with Crippen LogP contribution >= 0.6 is 0 Å². The zero-order chi connectivity index (χ0) is 17.1.